The van der Waals surface area contributed by atoms with Crippen molar-refractivity contribution >= 4 is 43.9 Å². The average Bonchev–Trinajstić information content (AvgIpc) is 3.29. The maximum Gasteiger partial charge on any atom is 0.225 e. The summed E-state index contributed by atoms with van der Waals surface area (Å²) in [6, 6.07) is 8.47. The van der Waals surface area contributed by atoms with E-state index in [0.717, 1.165) is 36.6 Å². The Morgan fingerprint density at radius 2 is 2.27 bits per heavy atom. The minimum absolute atomic E-state index is 0.0403. The third-order valence-corrected chi connectivity index (χ3v) is 6.84. The van der Waals surface area contributed by atoms with E-state index in [2.05, 4.69) is 42.3 Å². The van der Waals surface area contributed by atoms with E-state index in [4.69, 9.17) is 4.98 Å². The largest absolute Gasteiger partial charge is 0.351 e. The minimum Gasteiger partial charge on any atom is -0.351 e. The number of aryl methyl sites for hydroxylation is 2. The molecule has 1 unspecified atom stereocenters. The number of aromatic nitrogens is 1. The molecule has 1 N–H and O–H groups in total. The van der Waals surface area contributed by atoms with Gasteiger partial charge in [-0.15, -0.1) is 11.3 Å². The van der Waals surface area contributed by atoms with Crippen molar-refractivity contribution in [2.45, 2.75) is 33.2 Å². The topological polar surface area (TPSA) is 45.2 Å². The van der Waals surface area contributed by atoms with Gasteiger partial charge in [-0.25, -0.2) is 4.98 Å². The van der Waals surface area contributed by atoms with Crippen LogP contribution in [0.15, 0.2) is 29.6 Å². The fraction of sp³-hybridized carbons (Fsp3) is 0.400. The number of thiophene rings is 1. The Hall–Kier alpha value is -1.92. The number of benzene rings is 1. The van der Waals surface area contributed by atoms with E-state index in [1.54, 1.807) is 22.7 Å². The number of rotatable bonds is 4. The third kappa shape index (κ3) is 3.62. The standard InChI is InChI=1S/C20H23N3OS2/c1-13-9-14(2)18-17(10-13)26-20(22-18)23-7-3-5-15(12-23)19(24)21-11-16-6-4-8-25-16/h4,6,8-10,15H,3,5,7,11-12H2,1-2H3,(H,21,24). The molecule has 0 radical (unpaired) electrons. The summed E-state index contributed by atoms with van der Waals surface area (Å²) in [5, 5.41) is 6.19. The molecule has 4 rings (SSSR count). The van der Waals surface area contributed by atoms with Crippen molar-refractivity contribution in [1.82, 2.24) is 10.3 Å². The van der Waals surface area contributed by atoms with Crippen molar-refractivity contribution in [2.24, 2.45) is 5.92 Å². The van der Waals surface area contributed by atoms with Crippen molar-refractivity contribution in [1.29, 1.82) is 0 Å². The lowest BCUT2D eigenvalue weighted by atomic mass is 9.97. The lowest BCUT2D eigenvalue weighted by Crippen LogP contribution is -2.42. The molecule has 1 fully saturated rings. The van der Waals surface area contributed by atoms with E-state index in [1.807, 2.05) is 11.4 Å². The number of piperidine rings is 1. The zero-order chi connectivity index (χ0) is 18.1. The van der Waals surface area contributed by atoms with Crippen LogP contribution in [-0.2, 0) is 11.3 Å². The molecule has 3 aromatic rings. The number of nitrogens with zero attached hydrogens (tertiary/aromatic N) is 2. The number of thiazole rings is 1. The van der Waals surface area contributed by atoms with Gasteiger partial charge in [-0.05, 0) is 55.3 Å². The van der Waals surface area contributed by atoms with Crippen LogP contribution in [0.25, 0.3) is 10.2 Å². The van der Waals surface area contributed by atoms with Crippen molar-refractivity contribution < 1.29 is 4.79 Å². The second kappa shape index (κ2) is 7.37. The number of fused-ring (bicyclic) bond motifs is 1. The lowest BCUT2D eigenvalue weighted by Gasteiger charge is -2.31. The fourth-order valence-corrected chi connectivity index (χ4v) is 5.41. The summed E-state index contributed by atoms with van der Waals surface area (Å²) in [6.07, 6.45) is 1.99. The third-order valence-electron chi connectivity index (χ3n) is 4.90. The second-order valence-electron chi connectivity index (χ2n) is 7.01. The highest BCUT2D eigenvalue weighted by molar-refractivity contribution is 7.22. The summed E-state index contributed by atoms with van der Waals surface area (Å²) < 4.78 is 1.24. The highest BCUT2D eigenvalue weighted by Gasteiger charge is 2.27. The van der Waals surface area contributed by atoms with Gasteiger partial charge in [-0.2, -0.15) is 0 Å². The maximum absolute atomic E-state index is 12.6. The average molecular weight is 386 g/mol. The summed E-state index contributed by atoms with van der Waals surface area (Å²) >= 11 is 3.42. The number of hydrogen-bond acceptors (Lipinski definition) is 5. The van der Waals surface area contributed by atoms with E-state index >= 15 is 0 Å². The SMILES string of the molecule is Cc1cc(C)c2nc(N3CCCC(C(=O)NCc4cccs4)C3)sc2c1. The first-order valence-corrected chi connectivity index (χ1v) is 10.7. The highest BCUT2D eigenvalue weighted by atomic mass is 32.1. The molecule has 1 saturated heterocycles. The Balaban J connectivity index is 1.46. The maximum atomic E-state index is 12.6. The molecule has 1 aromatic carbocycles. The van der Waals surface area contributed by atoms with Gasteiger partial charge in [0.05, 0.1) is 22.7 Å². The summed E-state index contributed by atoms with van der Waals surface area (Å²) in [5.74, 6) is 0.204. The van der Waals surface area contributed by atoms with Gasteiger partial charge in [0.1, 0.15) is 0 Å². The van der Waals surface area contributed by atoms with Crippen LogP contribution in [0.3, 0.4) is 0 Å². The first-order chi connectivity index (χ1) is 12.6. The van der Waals surface area contributed by atoms with Crippen molar-refractivity contribution in [3.05, 3.63) is 45.6 Å². The van der Waals surface area contributed by atoms with Crippen molar-refractivity contribution in [2.75, 3.05) is 18.0 Å². The minimum atomic E-state index is 0.0403. The highest BCUT2D eigenvalue weighted by Crippen LogP contribution is 2.33. The number of carbonyl (C=O) groups is 1. The quantitative estimate of drug-likeness (QED) is 0.719. The molecular weight excluding hydrogens is 362 g/mol. The molecular formula is C20H23N3OS2. The van der Waals surface area contributed by atoms with Crippen molar-refractivity contribution in [3.63, 3.8) is 0 Å². The van der Waals surface area contributed by atoms with Gasteiger partial charge in [0.15, 0.2) is 5.13 Å². The molecule has 0 bridgehead atoms. The number of nitrogens with one attached hydrogen (secondary N) is 1. The van der Waals surface area contributed by atoms with Crippen LogP contribution in [0.5, 0.6) is 0 Å². The first kappa shape index (κ1) is 17.5. The van der Waals surface area contributed by atoms with Crippen molar-refractivity contribution in [3.8, 4) is 0 Å². The van der Waals surface area contributed by atoms with Crippen LogP contribution < -0.4 is 10.2 Å². The molecule has 2 aromatic heterocycles. The molecule has 3 heterocycles. The molecule has 26 heavy (non-hydrogen) atoms. The monoisotopic (exact) mass is 385 g/mol. The van der Waals surface area contributed by atoms with E-state index in [0.29, 0.717) is 6.54 Å². The Morgan fingerprint density at radius 1 is 1.38 bits per heavy atom. The number of hydrogen-bond donors (Lipinski definition) is 1. The van der Waals surface area contributed by atoms with E-state index in [-0.39, 0.29) is 11.8 Å². The van der Waals surface area contributed by atoms with Gasteiger partial charge in [0.25, 0.3) is 0 Å². The number of amides is 1. The Bertz CT molecular complexity index is 917. The van der Waals surface area contributed by atoms with Crippen LogP contribution in [0, 0.1) is 19.8 Å². The predicted molar refractivity (Wildman–Crippen MR) is 110 cm³/mol. The molecule has 0 spiro atoms. The number of anilines is 1. The molecule has 1 amide bonds. The molecule has 1 aliphatic heterocycles. The zero-order valence-corrected chi connectivity index (χ0v) is 16.8. The molecule has 6 heteroatoms. The summed E-state index contributed by atoms with van der Waals surface area (Å²) in [7, 11) is 0. The summed E-state index contributed by atoms with van der Waals surface area (Å²) in [5.41, 5.74) is 3.60. The predicted octanol–water partition coefficient (Wildman–Crippen LogP) is 4.51. The summed E-state index contributed by atoms with van der Waals surface area (Å²) in [4.78, 5) is 21.0. The Kier molecular flexibility index (Phi) is 4.96. The fourth-order valence-electron chi connectivity index (χ4n) is 3.59. The van der Waals surface area contributed by atoms with Crippen LogP contribution in [0.2, 0.25) is 0 Å². The second-order valence-corrected chi connectivity index (χ2v) is 9.05. The molecule has 0 saturated carbocycles. The number of carbonyl (C=O) groups excluding carboxylic acids is 1. The molecule has 1 atom stereocenters. The van der Waals surface area contributed by atoms with Gasteiger partial charge in [0.2, 0.25) is 5.91 Å². The Labute approximate surface area is 161 Å². The Morgan fingerprint density at radius 3 is 3.08 bits per heavy atom. The molecule has 0 aliphatic carbocycles. The normalized spacial score (nSPS) is 17.6. The first-order valence-electron chi connectivity index (χ1n) is 9.03. The lowest BCUT2D eigenvalue weighted by molar-refractivity contribution is -0.125. The van der Waals surface area contributed by atoms with E-state index in [9.17, 15) is 4.79 Å². The van der Waals surface area contributed by atoms with Crippen LogP contribution in [0.4, 0.5) is 5.13 Å². The smallest absolute Gasteiger partial charge is 0.225 e. The van der Waals surface area contributed by atoms with Crippen LogP contribution >= 0.6 is 22.7 Å². The van der Waals surface area contributed by atoms with Gasteiger partial charge in [0, 0.05) is 18.0 Å². The molecule has 136 valence electrons. The van der Waals surface area contributed by atoms with Gasteiger partial charge in [-0.3, -0.25) is 4.79 Å². The van der Waals surface area contributed by atoms with Crippen LogP contribution in [0.1, 0.15) is 28.8 Å². The molecule has 1 aliphatic rings. The van der Waals surface area contributed by atoms with Crippen LogP contribution in [-0.4, -0.2) is 24.0 Å². The summed E-state index contributed by atoms with van der Waals surface area (Å²) in [6.45, 7) is 6.61. The van der Waals surface area contributed by atoms with Gasteiger partial charge >= 0.3 is 0 Å². The molecule has 4 nitrogen and oxygen atoms in total. The van der Waals surface area contributed by atoms with E-state index in [1.165, 1.54) is 20.7 Å². The van der Waals surface area contributed by atoms with Gasteiger partial charge in [-0.1, -0.05) is 23.5 Å². The van der Waals surface area contributed by atoms with E-state index < -0.39 is 0 Å². The van der Waals surface area contributed by atoms with Gasteiger partial charge < -0.3 is 10.2 Å². The zero-order valence-electron chi connectivity index (χ0n) is 15.1.